The average Bonchev–Trinajstić information content (AvgIpc) is 2.75. The van der Waals surface area contributed by atoms with Crippen molar-refractivity contribution in [2.45, 2.75) is 40.3 Å². The number of carbonyl (C=O) groups excluding carboxylic acids is 1. The number of hydrogen-bond acceptors (Lipinski definition) is 3. The van der Waals surface area contributed by atoms with Crippen molar-refractivity contribution < 1.29 is 17.6 Å². The van der Waals surface area contributed by atoms with Crippen LogP contribution in [-0.2, 0) is 16.6 Å². The van der Waals surface area contributed by atoms with E-state index < -0.39 is 10.0 Å². The fourth-order valence-electron chi connectivity index (χ4n) is 3.74. The molecule has 3 aromatic rings. The van der Waals surface area contributed by atoms with E-state index in [1.54, 1.807) is 36.4 Å². The van der Waals surface area contributed by atoms with Crippen molar-refractivity contribution in [3.8, 4) is 0 Å². The number of nitrogens with one attached hydrogen (secondary N) is 1. The van der Waals surface area contributed by atoms with Crippen LogP contribution in [0, 0.1) is 26.6 Å². The van der Waals surface area contributed by atoms with E-state index in [2.05, 4.69) is 24.4 Å². The van der Waals surface area contributed by atoms with Crippen LogP contribution in [0.5, 0.6) is 0 Å². The number of carbonyl (C=O) groups is 1. The quantitative estimate of drug-likeness (QED) is 0.518. The van der Waals surface area contributed by atoms with Crippen molar-refractivity contribution in [2.75, 3.05) is 10.6 Å². The highest BCUT2D eigenvalue weighted by molar-refractivity contribution is 7.92. The van der Waals surface area contributed by atoms with Gasteiger partial charge in [0.1, 0.15) is 5.82 Å². The third-order valence-electron chi connectivity index (χ3n) is 5.75. The molecule has 1 N–H and O–H groups in total. The predicted octanol–water partition coefficient (Wildman–Crippen LogP) is 5.21. The van der Waals surface area contributed by atoms with Crippen LogP contribution in [0.3, 0.4) is 0 Å². The normalized spacial score (nSPS) is 12.3. The van der Waals surface area contributed by atoms with Gasteiger partial charge in [0, 0.05) is 5.56 Å². The van der Waals surface area contributed by atoms with Crippen molar-refractivity contribution >= 4 is 21.6 Å². The summed E-state index contributed by atoms with van der Waals surface area (Å²) in [7, 11) is -3.59. The third-order valence-corrected chi connectivity index (χ3v) is 6.89. The van der Waals surface area contributed by atoms with Crippen LogP contribution in [0.4, 0.5) is 10.1 Å². The fourth-order valence-corrected chi connectivity index (χ4v) is 4.63. The minimum absolute atomic E-state index is 0.0632. The molecule has 1 amide bonds. The Morgan fingerprint density at radius 2 is 1.52 bits per heavy atom. The molecular weight excluding hydrogens is 439 g/mol. The topological polar surface area (TPSA) is 66.5 Å². The van der Waals surface area contributed by atoms with Gasteiger partial charge in [0.2, 0.25) is 10.0 Å². The summed E-state index contributed by atoms with van der Waals surface area (Å²) >= 11 is 0. The number of amides is 1. The lowest BCUT2D eigenvalue weighted by atomic mass is 9.96. The van der Waals surface area contributed by atoms with Crippen LogP contribution in [0.25, 0.3) is 0 Å². The molecule has 0 unspecified atom stereocenters. The zero-order valence-corrected chi connectivity index (χ0v) is 20.3. The van der Waals surface area contributed by atoms with E-state index >= 15 is 0 Å². The molecule has 0 aliphatic rings. The Morgan fingerprint density at radius 3 is 2.09 bits per heavy atom. The van der Waals surface area contributed by atoms with Crippen LogP contribution in [-0.4, -0.2) is 20.6 Å². The molecule has 0 saturated carbocycles. The molecule has 7 heteroatoms. The Labute approximate surface area is 195 Å². The largest absolute Gasteiger partial charge is 0.346 e. The van der Waals surface area contributed by atoms with E-state index in [0.29, 0.717) is 16.8 Å². The van der Waals surface area contributed by atoms with Crippen molar-refractivity contribution in [2.24, 2.45) is 0 Å². The van der Waals surface area contributed by atoms with Crippen LogP contribution < -0.4 is 9.62 Å². The highest BCUT2D eigenvalue weighted by Gasteiger charge is 2.19. The molecule has 0 spiro atoms. The minimum atomic E-state index is -3.59. The lowest BCUT2D eigenvalue weighted by Crippen LogP contribution is -2.30. The van der Waals surface area contributed by atoms with Crippen molar-refractivity contribution in [3.63, 3.8) is 0 Å². The first-order valence-electron chi connectivity index (χ1n) is 10.7. The lowest BCUT2D eigenvalue weighted by molar-refractivity contribution is 0.0940. The number of benzene rings is 3. The number of sulfonamides is 1. The summed E-state index contributed by atoms with van der Waals surface area (Å²) < 4.78 is 39.2. The van der Waals surface area contributed by atoms with Gasteiger partial charge in [0.05, 0.1) is 24.5 Å². The number of nitrogens with zero attached hydrogens (tertiary/aromatic N) is 1. The van der Waals surface area contributed by atoms with E-state index in [1.807, 2.05) is 20.8 Å². The maximum absolute atomic E-state index is 13.2. The molecule has 0 saturated heterocycles. The first-order chi connectivity index (χ1) is 15.5. The highest BCUT2D eigenvalue weighted by Crippen LogP contribution is 2.24. The average molecular weight is 469 g/mol. The highest BCUT2D eigenvalue weighted by atomic mass is 32.2. The monoisotopic (exact) mass is 468 g/mol. The first-order valence-corrected chi connectivity index (χ1v) is 12.5. The summed E-state index contributed by atoms with van der Waals surface area (Å²) in [5, 5.41) is 3.02. The first kappa shape index (κ1) is 24.5. The van der Waals surface area contributed by atoms with E-state index in [0.717, 1.165) is 17.4 Å². The van der Waals surface area contributed by atoms with Crippen LogP contribution >= 0.6 is 0 Å². The molecule has 0 radical (unpaired) electrons. The van der Waals surface area contributed by atoms with Crippen LogP contribution in [0.15, 0.2) is 60.7 Å². The van der Waals surface area contributed by atoms with Crippen LogP contribution in [0.1, 0.15) is 51.1 Å². The Hall–Kier alpha value is -3.19. The molecule has 0 aliphatic carbocycles. The van der Waals surface area contributed by atoms with Crippen LogP contribution in [0.2, 0.25) is 0 Å². The molecule has 0 aliphatic heterocycles. The standard InChI is InChI=1S/C26H29FN2O3S/c1-17-14-19(3)25(15-18(17)2)20(4)28-26(30)22-8-12-24(13-9-22)29(33(5,31)32)16-21-6-10-23(27)11-7-21/h6-15,20H,16H2,1-5H3,(H,28,30)/t20-/m1/s1. The number of halogens is 1. The molecule has 5 nitrogen and oxygen atoms in total. The van der Waals surface area contributed by atoms with Gasteiger partial charge in [-0.25, -0.2) is 12.8 Å². The van der Waals surface area contributed by atoms with Gasteiger partial charge >= 0.3 is 0 Å². The molecule has 0 fully saturated rings. The summed E-state index contributed by atoms with van der Waals surface area (Å²) in [6.07, 6.45) is 1.12. The second-order valence-corrected chi connectivity index (χ2v) is 10.3. The second kappa shape index (κ2) is 9.75. The maximum atomic E-state index is 13.2. The lowest BCUT2D eigenvalue weighted by Gasteiger charge is -2.23. The number of rotatable bonds is 7. The zero-order valence-electron chi connectivity index (χ0n) is 19.5. The Kier molecular flexibility index (Phi) is 7.22. The van der Waals surface area contributed by atoms with Gasteiger partial charge in [-0.1, -0.05) is 24.3 Å². The maximum Gasteiger partial charge on any atom is 0.251 e. The van der Waals surface area contributed by atoms with Gasteiger partial charge in [-0.3, -0.25) is 9.10 Å². The van der Waals surface area contributed by atoms with E-state index in [4.69, 9.17) is 0 Å². The van der Waals surface area contributed by atoms with Gasteiger partial charge in [-0.05, 0) is 91.9 Å². The summed E-state index contributed by atoms with van der Waals surface area (Å²) in [5.74, 6) is -0.624. The molecule has 1 atom stereocenters. The minimum Gasteiger partial charge on any atom is -0.346 e. The van der Waals surface area contributed by atoms with Gasteiger partial charge < -0.3 is 5.32 Å². The molecule has 33 heavy (non-hydrogen) atoms. The van der Waals surface area contributed by atoms with E-state index in [9.17, 15) is 17.6 Å². The summed E-state index contributed by atoms with van der Waals surface area (Å²) in [5.41, 5.74) is 6.07. The smallest absolute Gasteiger partial charge is 0.251 e. The third kappa shape index (κ3) is 5.99. The van der Waals surface area contributed by atoms with E-state index in [1.165, 1.54) is 27.6 Å². The van der Waals surface area contributed by atoms with Crippen molar-refractivity contribution in [1.82, 2.24) is 5.32 Å². The molecule has 3 rings (SSSR count). The Morgan fingerprint density at radius 1 is 0.939 bits per heavy atom. The molecule has 0 bridgehead atoms. The van der Waals surface area contributed by atoms with Gasteiger partial charge in [-0.15, -0.1) is 0 Å². The molecule has 0 heterocycles. The molecule has 0 aromatic heterocycles. The van der Waals surface area contributed by atoms with Gasteiger partial charge in [-0.2, -0.15) is 0 Å². The Bertz CT molecular complexity index is 1250. The second-order valence-electron chi connectivity index (χ2n) is 8.43. The summed E-state index contributed by atoms with van der Waals surface area (Å²) in [4.78, 5) is 12.8. The summed E-state index contributed by atoms with van der Waals surface area (Å²) in [6, 6.07) is 16.1. The fraction of sp³-hybridized carbons (Fsp3) is 0.269. The summed E-state index contributed by atoms with van der Waals surface area (Å²) in [6.45, 7) is 8.14. The Balaban J connectivity index is 1.78. The van der Waals surface area contributed by atoms with Crippen molar-refractivity contribution in [3.05, 3.63) is 99.9 Å². The molecule has 3 aromatic carbocycles. The zero-order chi connectivity index (χ0) is 24.3. The molecule has 174 valence electrons. The number of aryl methyl sites for hydroxylation is 3. The molecular formula is C26H29FN2O3S. The number of hydrogen-bond donors (Lipinski definition) is 1. The van der Waals surface area contributed by atoms with Gasteiger partial charge in [0.15, 0.2) is 0 Å². The van der Waals surface area contributed by atoms with Crippen molar-refractivity contribution in [1.29, 1.82) is 0 Å². The predicted molar refractivity (Wildman–Crippen MR) is 130 cm³/mol. The number of anilines is 1. The van der Waals surface area contributed by atoms with E-state index in [-0.39, 0.29) is 24.3 Å². The SMILES string of the molecule is Cc1cc(C)c([C@@H](C)NC(=O)c2ccc(N(Cc3ccc(F)cc3)S(C)(=O)=O)cc2)cc1C. The van der Waals surface area contributed by atoms with Gasteiger partial charge in [0.25, 0.3) is 5.91 Å².